The molecule has 0 bridgehead atoms. The fraction of sp³-hybridized carbons (Fsp3) is 0. The molecule has 0 spiro atoms. The van der Waals surface area contributed by atoms with E-state index in [9.17, 15) is 13.6 Å². The molecule has 0 aliphatic carbocycles. The molecule has 0 saturated carbocycles. The van der Waals surface area contributed by atoms with Crippen LogP contribution in [0.15, 0.2) is 36.5 Å². The van der Waals surface area contributed by atoms with Crippen LogP contribution >= 0.6 is 0 Å². The maximum Gasteiger partial charge on any atom is 0.354 e. The van der Waals surface area contributed by atoms with Crippen LogP contribution in [0, 0.1) is 11.6 Å². The Balaban J connectivity index is 2.56. The molecule has 2 rings (SSSR count). The lowest BCUT2D eigenvalue weighted by atomic mass is 10.1. The minimum absolute atomic E-state index is 0.00917. The Morgan fingerprint density at radius 1 is 1.18 bits per heavy atom. The smallest absolute Gasteiger partial charge is 0.354 e. The van der Waals surface area contributed by atoms with E-state index in [0.29, 0.717) is 0 Å². The average molecular weight is 235 g/mol. The number of carboxylic acids is 1. The molecule has 0 radical (unpaired) electrons. The molecule has 1 N–H and O–H groups in total. The molecule has 0 aliphatic rings. The van der Waals surface area contributed by atoms with Crippen molar-refractivity contribution in [1.82, 2.24) is 4.98 Å². The third-order valence-corrected chi connectivity index (χ3v) is 2.22. The number of halogens is 2. The predicted octanol–water partition coefficient (Wildman–Crippen LogP) is 2.73. The number of hydrogen-bond acceptors (Lipinski definition) is 2. The third kappa shape index (κ3) is 2.28. The van der Waals surface area contributed by atoms with E-state index in [0.717, 1.165) is 18.2 Å². The highest BCUT2D eigenvalue weighted by molar-refractivity contribution is 5.87. The number of aromatic nitrogens is 1. The topological polar surface area (TPSA) is 50.2 Å². The quantitative estimate of drug-likeness (QED) is 0.870. The molecule has 0 saturated heterocycles. The standard InChI is InChI=1S/C12H7F2NO2/c13-8-1-2-10(14)9(6-8)7-3-4-15-11(5-7)12(16)17/h1-6H,(H,16,17). The van der Waals surface area contributed by atoms with Gasteiger partial charge in [0.25, 0.3) is 0 Å². The van der Waals surface area contributed by atoms with E-state index < -0.39 is 17.6 Å². The molecule has 0 aliphatic heterocycles. The van der Waals surface area contributed by atoms with Gasteiger partial charge in [0.1, 0.15) is 17.3 Å². The first-order valence-corrected chi connectivity index (χ1v) is 4.72. The highest BCUT2D eigenvalue weighted by atomic mass is 19.1. The summed E-state index contributed by atoms with van der Waals surface area (Å²) in [6.45, 7) is 0. The molecule has 0 unspecified atom stereocenters. The van der Waals surface area contributed by atoms with Crippen molar-refractivity contribution < 1.29 is 18.7 Å². The Hall–Kier alpha value is -2.30. The van der Waals surface area contributed by atoms with Crippen molar-refractivity contribution in [3.63, 3.8) is 0 Å². The molecule has 3 nitrogen and oxygen atoms in total. The summed E-state index contributed by atoms with van der Waals surface area (Å²) in [5, 5.41) is 8.75. The van der Waals surface area contributed by atoms with Crippen LogP contribution in [0.5, 0.6) is 0 Å². The molecule has 0 amide bonds. The molecule has 0 fully saturated rings. The van der Waals surface area contributed by atoms with Gasteiger partial charge in [0.05, 0.1) is 0 Å². The second kappa shape index (κ2) is 4.29. The number of aromatic carboxylic acids is 1. The summed E-state index contributed by atoms with van der Waals surface area (Å²) >= 11 is 0. The van der Waals surface area contributed by atoms with Gasteiger partial charge in [-0.15, -0.1) is 0 Å². The second-order valence-electron chi connectivity index (χ2n) is 3.36. The lowest BCUT2D eigenvalue weighted by Crippen LogP contribution is -2.00. The van der Waals surface area contributed by atoms with E-state index in [1.807, 2.05) is 0 Å². The number of carbonyl (C=O) groups is 1. The Bertz CT molecular complexity index is 584. The molecule has 2 aromatic rings. The molecular weight excluding hydrogens is 228 g/mol. The molecule has 5 heteroatoms. The monoisotopic (exact) mass is 235 g/mol. The third-order valence-electron chi connectivity index (χ3n) is 2.22. The number of nitrogens with zero attached hydrogens (tertiary/aromatic N) is 1. The fourth-order valence-corrected chi connectivity index (χ4v) is 1.43. The minimum atomic E-state index is -1.22. The van der Waals surface area contributed by atoms with Crippen LogP contribution in [-0.4, -0.2) is 16.1 Å². The van der Waals surface area contributed by atoms with E-state index in [2.05, 4.69) is 4.98 Å². The Morgan fingerprint density at radius 2 is 1.94 bits per heavy atom. The highest BCUT2D eigenvalue weighted by Gasteiger charge is 2.10. The summed E-state index contributed by atoms with van der Waals surface area (Å²) < 4.78 is 26.4. The van der Waals surface area contributed by atoms with Gasteiger partial charge in [-0.3, -0.25) is 0 Å². The van der Waals surface area contributed by atoms with Gasteiger partial charge in [-0.2, -0.15) is 0 Å². The van der Waals surface area contributed by atoms with Crippen molar-refractivity contribution in [2.75, 3.05) is 0 Å². The zero-order valence-corrected chi connectivity index (χ0v) is 8.52. The summed E-state index contributed by atoms with van der Waals surface area (Å²) in [6, 6.07) is 5.62. The van der Waals surface area contributed by atoms with Gasteiger partial charge in [-0.05, 0) is 35.9 Å². The summed E-state index contributed by atoms with van der Waals surface area (Å²) in [6.07, 6.45) is 1.24. The van der Waals surface area contributed by atoms with Gasteiger partial charge in [0.2, 0.25) is 0 Å². The molecular formula is C12H7F2NO2. The van der Waals surface area contributed by atoms with Gasteiger partial charge in [-0.25, -0.2) is 18.6 Å². The summed E-state index contributed by atoms with van der Waals surface area (Å²) in [4.78, 5) is 14.3. The number of hydrogen-bond donors (Lipinski definition) is 1. The molecule has 1 heterocycles. The minimum Gasteiger partial charge on any atom is -0.477 e. The van der Waals surface area contributed by atoms with Crippen LogP contribution in [0.4, 0.5) is 8.78 Å². The van der Waals surface area contributed by atoms with Gasteiger partial charge in [-0.1, -0.05) is 0 Å². The van der Waals surface area contributed by atoms with Crippen molar-refractivity contribution in [3.8, 4) is 11.1 Å². The molecule has 17 heavy (non-hydrogen) atoms. The SMILES string of the molecule is O=C(O)c1cc(-c2cc(F)ccc2F)ccn1. The van der Waals surface area contributed by atoms with Crippen molar-refractivity contribution >= 4 is 5.97 Å². The van der Waals surface area contributed by atoms with Crippen LogP contribution in [0.25, 0.3) is 11.1 Å². The van der Waals surface area contributed by atoms with E-state index in [1.165, 1.54) is 18.3 Å². The van der Waals surface area contributed by atoms with Crippen LogP contribution in [0.3, 0.4) is 0 Å². The predicted molar refractivity (Wildman–Crippen MR) is 56.5 cm³/mol. The molecule has 0 atom stereocenters. The lowest BCUT2D eigenvalue weighted by Gasteiger charge is -2.04. The second-order valence-corrected chi connectivity index (χ2v) is 3.36. The van der Waals surface area contributed by atoms with Gasteiger partial charge >= 0.3 is 5.97 Å². The Morgan fingerprint density at radius 3 is 2.65 bits per heavy atom. The zero-order chi connectivity index (χ0) is 12.4. The average Bonchev–Trinajstić information content (AvgIpc) is 2.32. The Labute approximate surface area is 95.4 Å². The van der Waals surface area contributed by atoms with E-state index in [1.54, 1.807) is 0 Å². The number of benzene rings is 1. The van der Waals surface area contributed by atoms with Crippen LogP contribution < -0.4 is 0 Å². The van der Waals surface area contributed by atoms with Gasteiger partial charge in [0, 0.05) is 11.8 Å². The number of pyridine rings is 1. The largest absolute Gasteiger partial charge is 0.477 e. The summed E-state index contributed by atoms with van der Waals surface area (Å²) in [5.41, 5.74) is 0.0652. The molecule has 1 aromatic carbocycles. The maximum atomic E-state index is 13.5. The van der Waals surface area contributed by atoms with E-state index >= 15 is 0 Å². The first-order chi connectivity index (χ1) is 8.08. The van der Waals surface area contributed by atoms with Crippen LogP contribution in [0.2, 0.25) is 0 Å². The van der Waals surface area contributed by atoms with Crippen molar-refractivity contribution in [3.05, 3.63) is 53.9 Å². The normalized spacial score (nSPS) is 10.2. The molecule has 1 aromatic heterocycles. The van der Waals surface area contributed by atoms with E-state index in [-0.39, 0.29) is 16.8 Å². The van der Waals surface area contributed by atoms with Crippen molar-refractivity contribution in [1.29, 1.82) is 0 Å². The van der Waals surface area contributed by atoms with Crippen LogP contribution in [0.1, 0.15) is 10.5 Å². The number of rotatable bonds is 2. The van der Waals surface area contributed by atoms with Crippen molar-refractivity contribution in [2.45, 2.75) is 0 Å². The highest BCUT2D eigenvalue weighted by Crippen LogP contribution is 2.23. The van der Waals surface area contributed by atoms with Gasteiger partial charge < -0.3 is 5.11 Å². The number of carboxylic acid groups (broad SMARTS) is 1. The van der Waals surface area contributed by atoms with Crippen LogP contribution in [-0.2, 0) is 0 Å². The first-order valence-electron chi connectivity index (χ1n) is 4.72. The fourth-order valence-electron chi connectivity index (χ4n) is 1.43. The summed E-state index contributed by atoms with van der Waals surface area (Å²) in [5.74, 6) is -2.42. The maximum absolute atomic E-state index is 13.5. The first kappa shape index (κ1) is 11.2. The lowest BCUT2D eigenvalue weighted by molar-refractivity contribution is 0.0690. The summed E-state index contributed by atoms with van der Waals surface area (Å²) in [7, 11) is 0. The van der Waals surface area contributed by atoms with Gasteiger partial charge in [0.15, 0.2) is 0 Å². The van der Waals surface area contributed by atoms with Crippen molar-refractivity contribution in [2.24, 2.45) is 0 Å². The zero-order valence-electron chi connectivity index (χ0n) is 8.52. The van der Waals surface area contributed by atoms with E-state index in [4.69, 9.17) is 5.11 Å². The Kier molecular flexibility index (Phi) is 2.82. The molecule has 86 valence electrons.